The highest BCUT2D eigenvalue weighted by Crippen LogP contribution is 2.35. The summed E-state index contributed by atoms with van der Waals surface area (Å²) in [6.07, 6.45) is 0. The zero-order chi connectivity index (χ0) is 25.3. The quantitative estimate of drug-likeness (QED) is 0.219. The number of nitro groups is 1. The van der Waals surface area contributed by atoms with Crippen molar-refractivity contribution in [3.8, 4) is 11.6 Å². The van der Waals surface area contributed by atoms with Crippen molar-refractivity contribution < 1.29 is 31.7 Å². The van der Waals surface area contributed by atoms with Gasteiger partial charge in [0.2, 0.25) is 15.7 Å². The van der Waals surface area contributed by atoms with E-state index in [4.69, 9.17) is 4.74 Å². The molecule has 0 atom stereocenters. The molecule has 0 aliphatic rings. The van der Waals surface area contributed by atoms with Gasteiger partial charge < -0.3 is 4.74 Å². The van der Waals surface area contributed by atoms with E-state index in [1.807, 2.05) is 0 Å². The molecule has 12 heteroatoms. The number of aryl methyl sites for hydroxylation is 1. The maximum absolute atomic E-state index is 14.2. The van der Waals surface area contributed by atoms with E-state index in [0.29, 0.717) is 5.69 Å². The molecule has 0 saturated carbocycles. The van der Waals surface area contributed by atoms with Crippen molar-refractivity contribution in [2.45, 2.75) is 16.7 Å². The van der Waals surface area contributed by atoms with Gasteiger partial charge in [-0.15, -0.1) is 0 Å². The van der Waals surface area contributed by atoms with E-state index in [0.717, 1.165) is 47.1 Å². The Morgan fingerprint density at radius 1 is 0.971 bits per heavy atom. The van der Waals surface area contributed by atoms with Crippen molar-refractivity contribution in [2.24, 2.45) is 0 Å². The summed E-state index contributed by atoms with van der Waals surface area (Å²) < 4.78 is 61.7. The Bertz CT molecular complexity index is 1530. The minimum Gasteiger partial charge on any atom is -0.402 e. The Kier molecular flexibility index (Phi) is 6.14. The molecular formula is C23H15F2N3O6S. The number of carbonyl (C=O) groups excluding carboxylic acids is 1. The summed E-state index contributed by atoms with van der Waals surface area (Å²) in [6, 6.07) is 14.9. The molecule has 0 amide bonds. The van der Waals surface area contributed by atoms with Crippen molar-refractivity contribution >= 4 is 21.5 Å². The van der Waals surface area contributed by atoms with Gasteiger partial charge in [-0.2, -0.15) is 9.78 Å². The first kappa shape index (κ1) is 23.7. The lowest BCUT2D eigenvalue weighted by atomic mass is 10.2. The van der Waals surface area contributed by atoms with Crippen LogP contribution in [0.3, 0.4) is 0 Å². The van der Waals surface area contributed by atoms with Gasteiger partial charge in [0.05, 0.1) is 21.2 Å². The van der Waals surface area contributed by atoms with E-state index >= 15 is 0 Å². The fourth-order valence-electron chi connectivity index (χ4n) is 3.33. The van der Waals surface area contributed by atoms with Gasteiger partial charge in [-0.25, -0.2) is 22.0 Å². The molecule has 178 valence electrons. The van der Waals surface area contributed by atoms with Crippen LogP contribution in [0, 0.1) is 28.7 Å². The Labute approximate surface area is 197 Å². The molecule has 35 heavy (non-hydrogen) atoms. The molecule has 4 aromatic rings. The summed E-state index contributed by atoms with van der Waals surface area (Å²) in [5, 5.41) is 15.1. The van der Waals surface area contributed by atoms with E-state index < -0.39 is 48.7 Å². The van der Waals surface area contributed by atoms with Gasteiger partial charge in [0.15, 0.2) is 4.90 Å². The van der Waals surface area contributed by atoms with Crippen LogP contribution >= 0.6 is 0 Å². The molecule has 1 aromatic heterocycles. The summed E-state index contributed by atoms with van der Waals surface area (Å²) in [6.45, 7) is 1.35. The highest BCUT2D eigenvalue weighted by molar-refractivity contribution is 7.91. The molecule has 0 aliphatic carbocycles. The van der Waals surface area contributed by atoms with Gasteiger partial charge in [0.25, 0.3) is 5.69 Å². The van der Waals surface area contributed by atoms with Crippen molar-refractivity contribution in [1.82, 2.24) is 9.78 Å². The minimum absolute atomic E-state index is 0.0796. The number of benzene rings is 3. The van der Waals surface area contributed by atoms with Gasteiger partial charge in [-0.05, 0) is 43.3 Å². The number of non-ortho nitro benzene ring substituents is 1. The summed E-state index contributed by atoms with van der Waals surface area (Å²) >= 11 is 0. The molecule has 0 aliphatic heterocycles. The van der Waals surface area contributed by atoms with Gasteiger partial charge >= 0.3 is 5.97 Å². The number of hydrogen-bond donors (Lipinski definition) is 0. The van der Waals surface area contributed by atoms with Gasteiger partial charge in [0.1, 0.15) is 17.2 Å². The Morgan fingerprint density at radius 2 is 1.57 bits per heavy atom. The lowest BCUT2D eigenvalue weighted by molar-refractivity contribution is -0.384. The van der Waals surface area contributed by atoms with Crippen molar-refractivity contribution in [3.63, 3.8) is 0 Å². The van der Waals surface area contributed by atoms with Crippen LogP contribution in [0.2, 0.25) is 0 Å². The largest absolute Gasteiger partial charge is 0.402 e. The van der Waals surface area contributed by atoms with Crippen molar-refractivity contribution in [3.05, 3.63) is 106 Å². The summed E-state index contributed by atoms with van der Waals surface area (Å²) in [5.41, 5.74) is -1.12. The number of para-hydroxylation sites is 1. The number of sulfone groups is 1. The third-order valence-electron chi connectivity index (χ3n) is 4.95. The van der Waals surface area contributed by atoms with E-state index in [1.165, 1.54) is 6.92 Å². The smallest absolute Gasteiger partial charge is 0.350 e. The maximum atomic E-state index is 14.2. The van der Waals surface area contributed by atoms with E-state index in [1.54, 1.807) is 30.3 Å². The Morgan fingerprint density at radius 3 is 2.14 bits per heavy atom. The van der Waals surface area contributed by atoms with Crippen LogP contribution in [-0.2, 0) is 9.84 Å². The number of carbonyl (C=O) groups is 1. The highest BCUT2D eigenvalue weighted by atomic mass is 32.2. The van der Waals surface area contributed by atoms with Crippen LogP contribution < -0.4 is 4.74 Å². The molecule has 0 spiro atoms. The van der Waals surface area contributed by atoms with Crippen LogP contribution in [0.25, 0.3) is 5.69 Å². The average Bonchev–Trinajstić information content (AvgIpc) is 3.15. The first-order chi connectivity index (χ1) is 16.6. The summed E-state index contributed by atoms with van der Waals surface area (Å²) in [5.74, 6) is -4.47. The normalized spacial score (nSPS) is 11.3. The van der Waals surface area contributed by atoms with Gasteiger partial charge in [-0.3, -0.25) is 10.1 Å². The lowest BCUT2D eigenvalue weighted by Gasteiger charge is -2.11. The van der Waals surface area contributed by atoms with E-state index in [2.05, 4.69) is 5.10 Å². The predicted molar refractivity (Wildman–Crippen MR) is 118 cm³/mol. The molecule has 1 heterocycles. The second kappa shape index (κ2) is 9.06. The van der Waals surface area contributed by atoms with Crippen LogP contribution in [-0.4, -0.2) is 29.1 Å². The van der Waals surface area contributed by atoms with Gasteiger partial charge in [-0.1, -0.05) is 24.3 Å². The monoisotopic (exact) mass is 499 g/mol. The standard InChI is InChI=1S/C23H15F2N3O6S/c1-14-21(35(32,33)17-12-10-16(11-13-17)28(30)31)22(27(26-14)15-6-3-2-4-7-15)34-23(29)20-18(24)8-5-9-19(20)25/h2-13H,1H3. The molecule has 0 unspecified atom stereocenters. The predicted octanol–water partition coefficient (Wildman–Crippen LogP) is 4.42. The zero-order valence-electron chi connectivity index (χ0n) is 17.9. The number of halogens is 2. The topological polar surface area (TPSA) is 121 Å². The second-order valence-corrected chi connectivity index (χ2v) is 9.09. The SMILES string of the molecule is Cc1nn(-c2ccccc2)c(OC(=O)c2c(F)cccc2F)c1S(=O)(=O)c1ccc([N+](=O)[O-])cc1. The van der Waals surface area contributed by atoms with Crippen LogP contribution in [0.4, 0.5) is 14.5 Å². The molecule has 4 rings (SSSR count). The summed E-state index contributed by atoms with van der Waals surface area (Å²) in [7, 11) is -4.45. The summed E-state index contributed by atoms with van der Waals surface area (Å²) in [4.78, 5) is 22.1. The lowest BCUT2D eigenvalue weighted by Crippen LogP contribution is -2.17. The number of rotatable bonds is 6. The van der Waals surface area contributed by atoms with Crippen LogP contribution in [0.5, 0.6) is 5.88 Å². The first-order valence-electron chi connectivity index (χ1n) is 9.92. The third kappa shape index (κ3) is 4.38. The number of hydrogen-bond acceptors (Lipinski definition) is 7. The van der Waals surface area contributed by atoms with E-state index in [-0.39, 0.29) is 16.3 Å². The van der Waals surface area contributed by atoms with E-state index in [9.17, 15) is 32.1 Å². The first-order valence-corrected chi connectivity index (χ1v) is 11.4. The molecule has 9 nitrogen and oxygen atoms in total. The molecule has 0 radical (unpaired) electrons. The molecule has 0 fully saturated rings. The zero-order valence-corrected chi connectivity index (χ0v) is 18.7. The van der Waals surface area contributed by atoms with Crippen molar-refractivity contribution in [2.75, 3.05) is 0 Å². The maximum Gasteiger partial charge on any atom is 0.350 e. The minimum atomic E-state index is -4.45. The van der Waals surface area contributed by atoms with Crippen LogP contribution in [0.1, 0.15) is 16.1 Å². The molecule has 3 aromatic carbocycles. The fourth-order valence-corrected chi connectivity index (χ4v) is 4.85. The number of aromatic nitrogens is 2. The number of esters is 1. The van der Waals surface area contributed by atoms with Crippen molar-refractivity contribution in [1.29, 1.82) is 0 Å². The third-order valence-corrected chi connectivity index (χ3v) is 6.85. The number of nitrogens with zero attached hydrogens (tertiary/aromatic N) is 3. The highest BCUT2D eigenvalue weighted by Gasteiger charge is 2.33. The fraction of sp³-hybridized carbons (Fsp3) is 0.0435. The average molecular weight is 499 g/mol. The molecule has 0 bridgehead atoms. The van der Waals surface area contributed by atoms with Crippen LogP contribution in [0.15, 0.2) is 82.6 Å². The number of nitro benzene ring substituents is 1. The Balaban J connectivity index is 1.90. The van der Waals surface area contributed by atoms with Gasteiger partial charge in [0, 0.05) is 12.1 Å². The Hall–Kier alpha value is -4.45. The molecular weight excluding hydrogens is 484 g/mol. The molecule has 0 saturated heterocycles. The molecule has 0 N–H and O–H groups in total. The second-order valence-electron chi connectivity index (χ2n) is 7.21. The number of ether oxygens (including phenoxy) is 1.